The fourth-order valence-electron chi connectivity index (χ4n) is 16.9. The molecule has 14 aromatic rings. The molecule has 3 aliphatic carbocycles. The van der Waals surface area contributed by atoms with Crippen LogP contribution < -0.4 is 9.80 Å². The second kappa shape index (κ2) is 24.1. The van der Waals surface area contributed by atoms with Crippen molar-refractivity contribution in [3.8, 4) is 33.4 Å². The first-order valence-electron chi connectivity index (χ1n) is 33.7. The maximum Gasteiger partial charge on any atom is 0.200 e. The maximum absolute atomic E-state index is 17.2. The summed E-state index contributed by atoms with van der Waals surface area (Å²) in [6, 6.07) is 79.3. The Kier molecular flexibility index (Phi) is 15.1. The van der Waals surface area contributed by atoms with Crippen molar-refractivity contribution in [1.29, 1.82) is 0 Å². The monoisotopic (exact) mass is 1370 g/mol. The Morgan fingerprint density at radius 2 is 0.583 bits per heavy atom. The lowest BCUT2D eigenvalue weighted by atomic mass is 9.68. The summed E-state index contributed by atoms with van der Waals surface area (Å²) in [4.78, 5) is 4.13. The maximum atomic E-state index is 17.2. The summed E-state index contributed by atoms with van der Waals surface area (Å²) in [7, 11) is 0. The first kappa shape index (κ1) is 64.4. The molecule has 2 nitrogen and oxygen atoms in total. The minimum atomic E-state index is -2.26. The molecule has 0 N–H and O–H groups in total. The van der Waals surface area contributed by atoms with Crippen molar-refractivity contribution < 1.29 is 43.9 Å². The molecular weight excluding hydrogens is 1310 g/mol. The van der Waals surface area contributed by atoms with Crippen molar-refractivity contribution in [3.63, 3.8) is 0 Å². The fourth-order valence-corrected chi connectivity index (χ4v) is 16.9. The van der Waals surface area contributed by atoms with E-state index in [4.69, 9.17) is 0 Å². The van der Waals surface area contributed by atoms with Crippen LogP contribution in [0.2, 0.25) is 0 Å². The summed E-state index contributed by atoms with van der Waals surface area (Å²) < 4.78 is 164. The van der Waals surface area contributed by atoms with E-state index in [0.29, 0.717) is 78.4 Å². The molecule has 0 aromatic heterocycles. The number of rotatable bonds is 14. The van der Waals surface area contributed by atoms with Gasteiger partial charge in [-0.3, -0.25) is 0 Å². The van der Waals surface area contributed by atoms with Crippen LogP contribution in [0.3, 0.4) is 0 Å². The smallest absolute Gasteiger partial charge is 0.200 e. The SMILES string of the molecule is C=Cc1ccc(CC2(c3c(F)c(F)c(F)c(F)c3F)c3ccccc3-c3ccc(N(c4ccc5c(c4)C(C)(C)c4cc(N(c6ccc7c(c6)[C@@](Cc6ccc(C=C)cc6)(c6c(F)c(F)c(F)c(F)c6F)c6ccccc6-7)c6cccc7ccccc67)ccc4-5)c4cccc5ccccc45)cc32)cc1. The zero-order chi connectivity index (χ0) is 71.1. The summed E-state index contributed by atoms with van der Waals surface area (Å²) in [6.07, 6.45) is 2.88. The van der Waals surface area contributed by atoms with E-state index in [1.807, 2.05) is 133 Å². The Bertz CT molecular complexity index is 5510. The largest absolute Gasteiger partial charge is 0.310 e. The third kappa shape index (κ3) is 9.56. The van der Waals surface area contributed by atoms with E-state index in [9.17, 15) is 0 Å². The summed E-state index contributed by atoms with van der Waals surface area (Å²) in [5.74, 6) is -20.5. The number of anilines is 6. The highest BCUT2D eigenvalue weighted by atomic mass is 19.2. The van der Waals surface area contributed by atoms with E-state index in [1.165, 1.54) is 0 Å². The second-order valence-corrected chi connectivity index (χ2v) is 27.2. The molecule has 3 aliphatic rings. The van der Waals surface area contributed by atoms with Crippen LogP contribution in [0.15, 0.2) is 268 Å². The van der Waals surface area contributed by atoms with Gasteiger partial charge in [0.2, 0.25) is 11.6 Å². The van der Waals surface area contributed by atoms with Crippen molar-refractivity contribution in [3.05, 3.63) is 393 Å². The molecule has 1 unspecified atom stereocenters. The fraction of sp³-hybridized carbons (Fsp3) is 0.0769. The first-order chi connectivity index (χ1) is 49.9. The zero-order valence-corrected chi connectivity index (χ0v) is 55.4. The van der Waals surface area contributed by atoms with Crippen molar-refractivity contribution in [2.75, 3.05) is 9.80 Å². The molecule has 2 atom stereocenters. The van der Waals surface area contributed by atoms with Gasteiger partial charge in [0.25, 0.3) is 0 Å². The molecule has 0 bridgehead atoms. The average Bonchev–Trinajstić information content (AvgIpc) is 1.56. The highest BCUT2D eigenvalue weighted by molar-refractivity contribution is 6.02. The third-order valence-corrected chi connectivity index (χ3v) is 21.6. The predicted molar refractivity (Wildman–Crippen MR) is 392 cm³/mol. The molecule has 0 fully saturated rings. The van der Waals surface area contributed by atoms with Crippen LogP contribution >= 0.6 is 0 Å². The minimum absolute atomic E-state index is 0.207. The summed E-state index contributed by atoms with van der Waals surface area (Å²) in [6.45, 7) is 12.0. The molecule has 0 radical (unpaired) electrons. The summed E-state index contributed by atoms with van der Waals surface area (Å²) in [5, 5.41) is 3.52. The Labute approximate surface area is 587 Å². The Hall–Kier alpha value is -12.0. The lowest BCUT2D eigenvalue weighted by molar-refractivity contribution is 0.357. The Balaban J connectivity index is 0.849. The van der Waals surface area contributed by atoms with Crippen molar-refractivity contribution in [2.24, 2.45) is 0 Å². The van der Waals surface area contributed by atoms with Gasteiger partial charge in [0.1, 0.15) is 0 Å². The lowest BCUT2D eigenvalue weighted by Gasteiger charge is -2.35. The second-order valence-electron chi connectivity index (χ2n) is 27.2. The van der Waals surface area contributed by atoms with Crippen LogP contribution in [0.5, 0.6) is 0 Å². The van der Waals surface area contributed by atoms with Gasteiger partial charge < -0.3 is 9.80 Å². The lowest BCUT2D eigenvalue weighted by Crippen LogP contribution is -2.34. The third-order valence-electron chi connectivity index (χ3n) is 21.6. The Morgan fingerprint density at radius 1 is 0.291 bits per heavy atom. The summed E-state index contributed by atoms with van der Waals surface area (Å²) >= 11 is 0. The van der Waals surface area contributed by atoms with Crippen LogP contribution in [0.1, 0.15) is 80.6 Å². The van der Waals surface area contributed by atoms with Crippen molar-refractivity contribution >= 4 is 67.8 Å². The van der Waals surface area contributed by atoms with Gasteiger partial charge in [0.05, 0.1) is 22.2 Å². The highest BCUT2D eigenvalue weighted by Gasteiger charge is 2.53. The van der Waals surface area contributed by atoms with Crippen LogP contribution in [-0.2, 0) is 29.1 Å². The van der Waals surface area contributed by atoms with Crippen LogP contribution in [0.25, 0.3) is 67.1 Å². The zero-order valence-electron chi connectivity index (χ0n) is 55.4. The molecular formula is C91H58F10N2. The normalized spacial score (nSPS) is 15.7. The molecule has 17 rings (SSSR count). The molecule has 0 saturated heterocycles. The molecule has 0 heterocycles. The highest BCUT2D eigenvalue weighted by Crippen LogP contribution is 2.61. The van der Waals surface area contributed by atoms with Crippen LogP contribution in [0, 0.1) is 58.2 Å². The van der Waals surface area contributed by atoms with Crippen LogP contribution in [-0.4, -0.2) is 0 Å². The Morgan fingerprint density at radius 3 is 0.942 bits per heavy atom. The quantitative estimate of drug-likeness (QED) is 0.0608. The van der Waals surface area contributed by atoms with Gasteiger partial charge in [-0.25, -0.2) is 43.9 Å². The molecule has 12 heteroatoms. The van der Waals surface area contributed by atoms with Gasteiger partial charge in [-0.2, -0.15) is 0 Å². The van der Waals surface area contributed by atoms with Gasteiger partial charge >= 0.3 is 0 Å². The van der Waals surface area contributed by atoms with Crippen LogP contribution in [0.4, 0.5) is 78.0 Å². The number of fused-ring (bicyclic) bond motifs is 11. The van der Waals surface area contributed by atoms with E-state index >= 15 is 43.9 Å². The van der Waals surface area contributed by atoms with Gasteiger partial charge in [0, 0.05) is 50.1 Å². The molecule has 103 heavy (non-hydrogen) atoms. The number of benzene rings is 14. The molecule has 0 saturated carbocycles. The van der Waals surface area contributed by atoms with E-state index in [1.54, 1.807) is 109 Å². The predicted octanol–water partition coefficient (Wildman–Crippen LogP) is 25.0. The minimum Gasteiger partial charge on any atom is -0.310 e. The van der Waals surface area contributed by atoms with Crippen molar-refractivity contribution in [2.45, 2.75) is 42.9 Å². The van der Waals surface area contributed by atoms with E-state index < -0.39 is 85.5 Å². The topological polar surface area (TPSA) is 6.48 Å². The van der Waals surface area contributed by atoms with Crippen molar-refractivity contribution in [1.82, 2.24) is 0 Å². The number of hydrogen-bond acceptors (Lipinski definition) is 2. The molecule has 0 amide bonds. The van der Waals surface area contributed by atoms with Gasteiger partial charge in [-0.05, 0) is 173 Å². The van der Waals surface area contributed by atoms with Gasteiger partial charge in [-0.15, -0.1) is 0 Å². The summed E-state index contributed by atoms with van der Waals surface area (Å²) in [5.41, 5.74) is 7.04. The first-order valence-corrected chi connectivity index (χ1v) is 33.7. The van der Waals surface area contributed by atoms with E-state index in [2.05, 4.69) is 61.1 Å². The van der Waals surface area contributed by atoms with E-state index in [0.717, 1.165) is 66.3 Å². The number of halogens is 10. The molecule has 0 spiro atoms. The van der Waals surface area contributed by atoms with Gasteiger partial charge in [-0.1, -0.05) is 233 Å². The number of hydrogen-bond donors (Lipinski definition) is 0. The number of nitrogens with zero attached hydrogens (tertiary/aromatic N) is 2. The standard InChI is InChI=1S/C91H58F10N2/c1-5-51-29-33-53(34-30-51)49-90(77-79(92)83(96)87(100)84(97)80(77)93)69-25-13-11-23-63(69)67-43-39-59(47-73(67)90)102(75-27-15-19-55-17-7-9-21-61(55)75)57-37-41-65-66-42-38-58(46-72(66)89(3,4)71(65)45-57)103(76-28-16-20-56-18-8-10-22-62(56)76)60-40-44-68-64-24-12-14-26-70(64)91(74(68)48-60,50-54-35-31-52(6-2)32-36-54)78-81(94)85(98)88(101)86(99)82(78)95/h5-48H,1-2,49-50H2,3-4H3/t90-,91?/m0/s1. The van der Waals surface area contributed by atoms with E-state index in [-0.39, 0.29) is 12.8 Å². The molecule has 502 valence electrons. The molecule has 14 aromatic carbocycles. The molecule has 0 aliphatic heterocycles. The average molecular weight is 1370 g/mol. The van der Waals surface area contributed by atoms with Gasteiger partial charge in [0.15, 0.2) is 46.5 Å².